The Hall–Kier alpha value is -2.18. The van der Waals surface area contributed by atoms with Gasteiger partial charge in [-0.3, -0.25) is 9.59 Å². The molecule has 1 amide bonds. The average molecular weight is 327 g/mol. The van der Waals surface area contributed by atoms with E-state index in [4.69, 9.17) is 5.11 Å². The van der Waals surface area contributed by atoms with E-state index >= 15 is 0 Å². The van der Waals surface area contributed by atoms with Crippen LogP contribution in [-0.2, 0) is 4.79 Å². The second-order valence-electron chi connectivity index (χ2n) is 5.71. The fourth-order valence-electron chi connectivity index (χ4n) is 3.03. The molecule has 1 heterocycles. The Bertz CT molecular complexity index is 595. The topological polar surface area (TPSA) is 66.8 Å². The van der Waals surface area contributed by atoms with Gasteiger partial charge in [-0.15, -0.1) is 0 Å². The van der Waals surface area contributed by atoms with Crippen LogP contribution in [0.15, 0.2) is 12.1 Å². The van der Waals surface area contributed by atoms with Crippen molar-refractivity contribution >= 4 is 11.9 Å². The number of nitrogens with zero attached hydrogens (tertiary/aromatic N) is 1. The highest BCUT2D eigenvalue weighted by atomic mass is 19.3. The van der Waals surface area contributed by atoms with Gasteiger partial charge in [0.15, 0.2) is 0 Å². The number of hydrogen-bond acceptors (Lipinski definition) is 3. The molecule has 23 heavy (non-hydrogen) atoms. The lowest BCUT2D eigenvalue weighted by Crippen LogP contribution is -2.36. The zero-order valence-electron chi connectivity index (χ0n) is 13.0. The highest BCUT2D eigenvalue weighted by molar-refractivity contribution is 5.95. The zero-order chi connectivity index (χ0) is 17.1. The normalized spacial score (nSPS) is 17.6. The third-order valence-electron chi connectivity index (χ3n) is 3.96. The predicted octanol–water partition coefficient (Wildman–Crippen LogP) is 2.98. The lowest BCUT2D eigenvalue weighted by Gasteiger charge is -2.24. The number of amides is 1. The molecule has 0 bridgehead atoms. The van der Waals surface area contributed by atoms with Crippen LogP contribution >= 0.6 is 0 Å². The maximum Gasteiger partial charge on any atom is 0.387 e. The van der Waals surface area contributed by atoms with Crippen LogP contribution in [0.4, 0.5) is 8.78 Å². The molecule has 0 radical (unpaired) electrons. The average Bonchev–Trinajstić information content (AvgIpc) is 2.88. The summed E-state index contributed by atoms with van der Waals surface area (Å²) in [6, 6.07) is 2.68. The third kappa shape index (κ3) is 3.97. The van der Waals surface area contributed by atoms with E-state index < -0.39 is 12.6 Å². The van der Waals surface area contributed by atoms with Gasteiger partial charge in [0, 0.05) is 18.2 Å². The number of benzene rings is 1. The summed E-state index contributed by atoms with van der Waals surface area (Å²) in [5, 5.41) is 8.93. The number of rotatable bonds is 5. The van der Waals surface area contributed by atoms with E-state index in [2.05, 4.69) is 4.74 Å². The van der Waals surface area contributed by atoms with E-state index in [1.165, 1.54) is 12.1 Å². The van der Waals surface area contributed by atoms with E-state index in [9.17, 15) is 18.4 Å². The molecule has 1 aliphatic rings. The van der Waals surface area contributed by atoms with Gasteiger partial charge in [-0.25, -0.2) is 0 Å². The van der Waals surface area contributed by atoms with E-state index in [1.54, 1.807) is 18.7 Å². The maximum atomic E-state index is 12.6. The molecule has 1 atom stereocenters. The van der Waals surface area contributed by atoms with Crippen molar-refractivity contribution < 1.29 is 28.2 Å². The molecule has 1 aliphatic heterocycles. The van der Waals surface area contributed by atoms with Crippen molar-refractivity contribution in [1.29, 1.82) is 0 Å². The second kappa shape index (κ2) is 6.93. The number of ether oxygens (including phenoxy) is 1. The van der Waals surface area contributed by atoms with Gasteiger partial charge in [-0.1, -0.05) is 0 Å². The first kappa shape index (κ1) is 17.2. The number of likely N-dealkylation sites (tertiary alicyclic amines) is 1. The first-order chi connectivity index (χ1) is 10.8. The van der Waals surface area contributed by atoms with Crippen LogP contribution in [0.5, 0.6) is 5.75 Å². The number of aryl methyl sites for hydroxylation is 2. The fraction of sp³-hybridized carbons (Fsp3) is 0.500. The monoisotopic (exact) mass is 327 g/mol. The molecule has 1 aromatic carbocycles. The van der Waals surface area contributed by atoms with Crippen molar-refractivity contribution in [1.82, 2.24) is 4.90 Å². The van der Waals surface area contributed by atoms with Crippen molar-refractivity contribution in [3.05, 3.63) is 28.8 Å². The second-order valence-corrected chi connectivity index (χ2v) is 5.71. The number of carboxylic acid groups (broad SMARTS) is 1. The quantitative estimate of drug-likeness (QED) is 0.903. The molecule has 0 aliphatic carbocycles. The van der Waals surface area contributed by atoms with Gasteiger partial charge >= 0.3 is 12.6 Å². The molecule has 1 saturated heterocycles. The van der Waals surface area contributed by atoms with Gasteiger partial charge in [0.05, 0.1) is 6.42 Å². The molecular weight excluding hydrogens is 308 g/mol. The summed E-state index contributed by atoms with van der Waals surface area (Å²) in [4.78, 5) is 25.1. The van der Waals surface area contributed by atoms with Crippen LogP contribution in [-0.4, -0.2) is 41.1 Å². The lowest BCUT2D eigenvalue weighted by molar-refractivity contribution is -0.137. The van der Waals surface area contributed by atoms with Crippen molar-refractivity contribution in [2.75, 3.05) is 6.54 Å². The third-order valence-corrected chi connectivity index (χ3v) is 3.96. The predicted molar refractivity (Wildman–Crippen MR) is 78.9 cm³/mol. The Kier molecular flexibility index (Phi) is 5.18. The summed E-state index contributed by atoms with van der Waals surface area (Å²) in [5.74, 6) is -1.15. The van der Waals surface area contributed by atoms with Crippen molar-refractivity contribution in [2.24, 2.45) is 0 Å². The van der Waals surface area contributed by atoms with E-state index in [1.807, 2.05) is 0 Å². The molecule has 5 nitrogen and oxygen atoms in total. The molecule has 0 spiro atoms. The highest BCUT2D eigenvalue weighted by Crippen LogP contribution is 2.29. The molecule has 7 heteroatoms. The molecule has 0 aromatic heterocycles. The Morgan fingerprint density at radius 2 is 1.96 bits per heavy atom. The Morgan fingerprint density at radius 3 is 2.48 bits per heavy atom. The first-order valence-electron chi connectivity index (χ1n) is 7.38. The minimum absolute atomic E-state index is 0.0695. The number of carbonyl (C=O) groups excluding carboxylic acids is 1. The zero-order valence-corrected chi connectivity index (χ0v) is 13.0. The summed E-state index contributed by atoms with van der Waals surface area (Å²) in [6.07, 6.45) is 1.33. The minimum atomic E-state index is -2.92. The fourth-order valence-corrected chi connectivity index (χ4v) is 3.03. The molecule has 2 rings (SSSR count). The summed E-state index contributed by atoms with van der Waals surface area (Å²) in [7, 11) is 0. The van der Waals surface area contributed by atoms with Gasteiger partial charge in [0.25, 0.3) is 5.91 Å². The summed E-state index contributed by atoms with van der Waals surface area (Å²) >= 11 is 0. The molecule has 1 N–H and O–H groups in total. The van der Waals surface area contributed by atoms with Gasteiger partial charge in [0.2, 0.25) is 0 Å². The van der Waals surface area contributed by atoms with Crippen LogP contribution < -0.4 is 4.74 Å². The molecule has 1 aromatic rings. The Balaban J connectivity index is 2.24. The maximum absolute atomic E-state index is 12.6. The molecule has 1 fully saturated rings. The number of alkyl halides is 2. The van der Waals surface area contributed by atoms with Gasteiger partial charge in [-0.2, -0.15) is 8.78 Å². The molecule has 1 unspecified atom stereocenters. The molecule has 126 valence electrons. The lowest BCUT2D eigenvalue weighted by atomic mass is 10.0. The summed E-state index contributed by atoms with van der Waals surface area (Å²) < 4.78 is 29.3. The van der Waals surface area contributed by atoms with Gasteiger partial charge < -0.3 is 14.7 Å². The summed E-state index contributed by atoms with van der Waals surface area (Å²) in [5.41, 5.74) is 1.25. The van der Waals surface area contributed by atoms with E-state index in [-0.39, 0.29) is 24.1 Å². The number of halogens is 2. The number of hydrogen-bond donors (Lipinski definition) is 1. The standard InChI is InChI=1S/C16H19F2NO4/c1-9-6-11(7-10(2)14(9)23-16(17)18)15(22)19-5-3-4-12(19)8-13(20)21/h6-7,12,16H,3-5,8H2,1-2H3,(H,20,21). The van der Waals surface area contributed by atoms with E-state index in [0.29, 0.717) is 29.7 Å². The number of carbonyl (C=O) groups is 2. The van der Waals surface area contributed by atoms with Crippen LogP contribution in [0.2, 0.25) is 0 Å². The van der Waals surface area contributed by atoms with Crippen molar-refractivity contribution in [2.45, 2.75) is 45.8 Å². The molecular formula is C16H19F2NO4. The van der Waals surface area contributed by atoms with Gasteiger partial charge in [-0.05, 0) is 49.9 Å². The van der Waals surface area contributed by atoms with Crippen molar-refractivity contribution in [3.8, 4) is 5.75 Å². The molecule has 0 saturated carbocycles. The largest absolute Gasteiger partial charge is 0.481 e. The minimum Gasteiger partial charge on any atom is -0.481 e. The van der Waals surface area contributed by atoms with Crippen molar-refractivity contribution in [3.63, 3.8) is 0 Å². The number of carboxylic acids is 1. The van der Waals surface area contributed by atoms with Gasteiger partial charge in [0.1, 0.15) is 5.75 Å². The van der Waals surface area contributed by atoms with Crippen LogP contribution in [0.25, 0.3) is 0 Å². The highest BCUT2D eigenvalue weighted by Gasteiger charge is 2.31. The first-order valence-corrected chi connectivity index (χ1v) is 7.38. The Morgan fingerprint density at radius 1 is 1.35 bits per heavy atom. The SMILES string of the molecule is Cc1cc(C(=O)N2CCCC2CC(=O)O)cc(C)c1OC(F)F. The summed E-state index contributed by atoms with van der Waals surface area (Å²) in [6.45, 7) is 0.775. The van der Waals surface area contributed by atoms with E-state index in [0.717, 1.165) is 6.42 Å². The Labute approximate surface area is 132 Å². The van der Waals surface area contributed by atoms with Crippen LogP contribution in [0, 0.1) is 13.8 Å². The van der Waals surface area contributed by atoms with Crippen LogP contribution in [0.1, 0.15) is 40.7 Å². The van der Waals surface area contributed by atoms with Crippen LogP contribution in [0.3, 0.4) is 0 Å². The smallest absolute Gasteiger partial charge is 0.387 e. The number of aliphatic carboxylic acids is 1.